The van der Waals surface area contributed by atoms with Crippen LogP contribution < -0.4 is 5.32 Å². The second-order valence-electron chi connectivity index (χ2n) is 4.60. The smallest absolute Gasteiger partial charge is 0.338 e. The zero-order chi connectivity index (χ0) is 16.1. The molecule has 0 spiro atoms. The van der Waals surface area contributed by atoms with Gasteiger partial charge >= 0.3 is 5.97 Å². The van der Waals surface area contributed by atoms with E-state index in [9.17, 15) is 9.59 Å². The number of aryl methyl sites for hydroxylation is 1. The first-order valence-electron chi connectivity index (χ1n) is 6.44. The minimum absolute atomic E-state index is 0.329. The van der Waals surface area contributed by atoms with E-state index in [0.717, 1.165) is 5.56 Å². The van der Waals surface area contributed by atoms with Crippen LogP contribution in [0.3, 0.4) is 0 Å². The number of carbonyl (C=O) groups is 2. The summed E-state index contributed by atoms with van der Waals surface area (Å²) in [7, 11) is 0. The molecule has 0 saturated carbocycles. The molecule has 0 radical (unpaired) electrons. The second-order valence-corrected chi connectivity index (χ2v) is 5.44. The molecule has 2 aromatic carbocycles. The lowest BCUT2D eigenvalue weighted by atomic mass is 10.2. The molecule has 1 amide bonds. The maximum absolute atomic E-state index is 11.7. The number of esters is 1. The van der Waals surface area contributed by atoms with E-state index in [4.69, 9.17) is 27.9 Å². The highest BCUT2D eigenvalue weighted by atomic mass is 35.5. The second kappa shape index (κ2) is 7.29. The Morgan fingerprint density at radius 3 is 2.41 bits per heavy atom. The molecule has 0 fully saturated rings. The van der Waals surface area contributed by atoms with Crippen molar-refractivity contribution in [3.8, 4) is 0 Å². The monoisotopic (exact) mass is 337 g/mol. The first-order chi connectivity index (χ1) is 10.5. The average Bonchev–Trinajstić information content (AvgIpc) is 2.49. The molecule has 114 valence electrons. The molecule has 22 heavy (non-hydrogen) atoms. The zero-order valence-electron chi connectivity index (χ0n) is 11.7. The Kier molecular flexibility index (Phi) is 5.41. The van der Waals surface area contributed by atoms with Crippen LogP contribution in [0.4, 0.5) is 5.69 Å². The third-order valence-electron chi connectivity index (χ3n) is 2.87. The molecular weight excluding hydrogens is 325 g/mol. The first kappa shape index (κ1) is 16.3. The number of nitrogens with one attached hydrogen (secondary N) is 1. The van der Waals surface area contributed by atoms with E-state index in [-0.39, 0.29) is 6.61 Å². The third kappa shape index (κ3) is 4.48. The predicted octanol–water partition coefficient (Wildman–Crippen LogP) is 4.10. The van der Waals surface area contributed by atoms with Crippen molar-refractivity contribution in [3.05, 3.63) is 63.6 Å². The molecule has 0 bridgehead atoms. The minimum Gasteiger partial charge on any atom is -0.452 e. The molecule has 1 N–H and O–H groups in total. The summed E-state index contributed by atoms with van der Waals surface area (Å²) in [4.78, 5) is 23.5. The lowest BCUT2D eigenvalue weighted by molar-refractivity contribution is -0.119. The van der Waals surface area contributed by atoms with E-state index in [2.05, 4.69) is 5.32 Å². The number of halogens is 2. The van der Waals surface area contributed by atoms with E-state index in [1.807, 2.05) is 6.92 Å². The molecule has 4 nitrogen and oxygen atoms in total. The summed E-state index contributed by atoms with van der Waals surface area (Å²) in [5, 5.41) is 3.68. The van der Waals surface area contributed by atoms with Crippen molar-refractivity contribution in [2.75, 3.05) is 11.9 Å². The maximum atomic E-state index is 11.7. The molecule has 0 unspecified atom stereocenters. The molecule has 6 heteroatoms. The van der Waals surface area contributed by atoms with Gasteiger partial charge in [-0.15, -0.1) is 0 Å². The molecule has 0 aromatic heterocycles. The Balaban J connectivity index is 1.88. The summed E-state index contributed by atoms with van der Waals surface area (Å²) in [5.74, 6) is -1.03. The number of amides is 1. The standard InChI is InChI=1S/C16H13Cl2NO3/c1-10-2-7-13(8-14(10)18)19-15(20)9-22-16(21)11-3-5-12(17)6-4-11/h2-8H,9H2,1H3,(H,19,20). The van der Waals surface area contributed by atoms with Gasteiger partial charge in [0.15, 0.2) is 6.61 Å². The van der Waals surface area contributed by atoms with Gasteiger partial charge in [0.25, 0.3) is 5.91 Å². The van der Waals surface area contributed by atoms with Crippen LogP contribution in [0.15, 0.2) is 42.5 Å². The highest BCUT2D eigenvalue weighted by Gasteiger charge is 2.10. The Hall–Kier alpha value is -2.04. The zero-order valence-corrected chi connectivity index (χ0v) is 13.2. The summed E-state index contributed by atoms with van der Waals surface area (Å²) < 4.78 is 4.93. The molecule has 2 rings (SSSR count). The largest absolute Gasteiger partial charge is 0.452 e. The van der Waals surface area contributed by atoms with E-state index in [1.54, 1.807) is 30.3 Å². The molecule has 2 aromatic rings. The van der Waals surface area contributed by atoms with Crippen LogP contribution in [-0.4, -0.2) is 18.5 Å². The summed E-state index contributed by atoms with van der Waals surface area (Å²) in [6, 6.07) is 11.4. The van der Waals surface area contributed by atoms with Gasteiger partial charge in [-0.05, 0) is 48.9 Å². The maximum Gasteiger partial charge on any atom is 0.338 e. The van der Waals surface area contributed by atoms with Crippen molar-refractivity contribution in [3.63, 3.8) is 0 Å². The van der Waals surface area contributed by atoms with Crippen molar-refractivity contribution in [2.24, 2.45) is 0 Å². The molecule has 0 aliphatic rings. The summed E-state index contributed by atoms with van der Waals surface area (Å²) in [6.45, 7) is 1.48. The van der Waals surface area contributed by atoms with Gasteiger partial charge in [-0.3, -0.25) is 4.79 Å². The Morgan fingerprint density at radius 2 is 1.77 bits per heavy atom. The quantitative estimate of drug-likeness (QED) is 0.854. The van der Waals surface area contributed by atoms with Crippen LogP contribution in [0.2, 0.25) is 10.0 Å². The van der Waals surface area contributed by atoms with Crippen molar-refractivity contribution < 1.29 is 14.3 Å². The average molecular weight is 338 g/mol. The predicted molar refractivity (Wildman–Crippen MR) is 86.6 cm³/mol. The number of ether oxygens (including phenoxy) is 1. The highest BCUT2D eigenvalue weighted by molar-refractivity contribution is 6.31. The van der Waals surface area contributed by atoms with E-state index >= 15 is 0 Å². The van der Waals surface area contributed by atoms with Gasteiger partial charge in [-0.25, -0.2) is 4.79 Å². The Bertz CT molecular complexity index is 699. The van der Waals surface area contributed by atoms with Crippen LogP contribution in [0, 0.1) is 6.92 Å². The number of anilines is 1. The highest BCUT2D eigenvalue weighted by Crippen LogP contribution is 2.19. The lowest BCUT2D eigenvalue weighted by Crippen LogP contribution is -2.20. The number of hydrogen-bond acceptors (Lipinski definition) is 3. The van der Waals surface area contributed by atoms with E-state index < -0.39 is 11.9 Å². The van der Waals surface area contributed by atoms with Crippen LogP contribution in [0.1, 0.15) is 15.9 Å². The lowest BCUT2D eigenvalue weighted by Gasteiger charge is -2.08. The van der Waals surface area contributed by atoms with Crippen molar-refractivity contribution in [2.45, 2.75) is 6.92 Å². The normalized spacial score (nSPS) is 10.1. The van der Waals surface area contributed by atoms with Crippen LogP contribution in [0.25, 0.3) is 0 Å². The van der Waals surface area contributed by atoms with Gasteiger partial charge in [0.05, 0.1) is 5.56 Å². The van der Waals surface area contributed by atoms with Crippen LogP contribution in [-0.2, 0) is 9.53 Å². The first-order valence-corrected chi connectivity index (χ1v) is 7.20. The van der Waals surface area contributed by atoms with Gasteiger partial charge in [-0.2, -0.15) is 0 Å². The summed E-state index contributed by atoms with van der Waals surface area (Å²) >= 11 is 11.7. The molecular formula is C16H13Cl2NO3. The summed E-state index contributed by atoms with van der Waals surface area (Å²) in [5.41, 5.74) is 1.78. The van der Waals surface area contributed by atoms with Gasteiger partial charge < -0.3 is 10.1 Å². The Morgan fingerprint density at radius 1 is 1.09 bits per heavy atom. The molecule has 0 heterocycles. The van der Waals surface area contributed by atoms with Crippen LogP contribution in [0.5, 0.6) is 0 Å². The van der Waals surface area contributed by atoms with E-state index in [1.165, 1.54) is 12.1 Å². The number of hydrogen-bond donors (Lipinski definition) is 1. The Labute approximate surface area is 138 Å². The number of carbonyl (C=O) groups excluding carboxylic acids is 2. The van der Waals surface area contributed by atoms with Crippen molar-refractivity contribution >= 4 is 40.8 Å². The number of rotatable bonds is 4. The summed E-state index contributed by atoms with van der Waals surface area (Å²) in [6.07, 6.45) is 0. The fourth-order valence-corrected chi connectivity index (χ4v) is 1.97. The number of benzene rings is 2. The van der Waals surface area contributed by atoms with E-state index in [0.29, 0.717) is 21.3 Å². The van der Waals surface area contributed by atoms with Gasteiger partial charge in [0.2, 0.25) is 0 Å². The third-order valence-corrected chi connectivity index (χ3v) is 3.53. The van der Waals surface area contributed by atoms with Crippen molar-refractivity contribution in [1.29, 1.82) is 0 Å². The topological polar surface area (TPSA) is 55.4 Å². The molecule has 0 saturated heterocycles. The molecule has 0 atom stereocenters. The van der Waals surface area contributed by atoms with Gasteiger partial charge in [0, 0.05) is 15.7 Å². The van der Waals surface area contributed by atoms with Gasteiger partial charge in [-0.1, -0.05) is 29.3 Å². The SMILES string of the molecule is Cc1ccc(NC(=O)COC(=O)c2ccc(Cl)cc2)cc1Cl. The fraction of sp³-hybridized carbons (Fsp3) is 0.125. The molecule has 0 aliphatic heterocycles. The fourth-order valence-electron chi connectivity index (χ4n) is 1.67. The minimum atomic E-state index is -0.589. The van der Waals surface area contributed by atoms with Crippen molar-refractivity contribution in [1.82, 2.24) is 0 Å². The molecule has 0 aliphatic carbocycles. The van der Waals surface area contributed by atoms with Crippen LogP contribution >= 0.6 is 23.2 Å². The van der Waals surface area contributed by atoms with Gasteiger partial charge in [0.1, 0.15) is 0 Å².